The average molecular weight is 587 g/mol. The lowest BCUT2D eigenvalue weighted by Crippen LogP contribution is -2.40. The molecule has 8 heteroatoms. The molecule has 0 spiro atoms. The van der Waals surface area contributed by atoms with Crippen LogP contribution in [0, 0.1) is 76.9 Å². The molecule has 7 aliphatic carbocycles. The molecule has 7 rings (SSSR count). The first-order chi connectivity index (χ1) is 20.2. The van der Waals surface area contributed by atoms with Crippen molar-refractivity contribution in [3.8, 4) is 0 Å². The quantitative estimate of drug-likeness (QED) is 0.223. The molecule has 8 nitrogen and oxygen atoms in total. The average Bonchev–Trinajstić information content (AvgIpc) is 3.82. The van der Waals surface area contributed by atoms with E-state index in [1.807, 2.05) is 6.92 Å². The van der Waals surface area contributed by atoms with E-state index >= 15 is 0 Å². The van der Waals surface area contributed by atoms with Crippen molar-refractivity contribution in [3.05, 3.63) is 0 Å². The molecule has 0 radical (unpaired) electrons. The van der Waals surface area contributed by atoms with Crippen LogP contribution in [-0.4, -0.2) is 59.6 Å². The minimum atomic E-state index is -0.743. The number of fused-ring (bicyclic) bond motifs is 14. The van der Waals surface area contributed by atoms with Crippen molar-refractivity contribution in [1.82, 2.24) is 0 Å². The van der Waals surface area contributed by atoms with Crippen molar-refractivity contribution in [2.24, 2.45) is 76.9 Å². The van der Waals surface area contributed by atoms with Gasteiger partial charge >= 0.3 is 17.9 Å². The van der Waals surface area contributed by atoms with Crippen LogP contribution >= 0.6 is 0 Å². The van der Waals surface area contributed by atoms with Crippen LogP contribution in [-0.2, 0) is 28.6 Å². The molecule has 2 N–H and O–H groups in total. The Bertz CT molecular complexity index is 1080. The molecule has 42 heavy (non-hydrogen) atoms. The number of hydrogen-bond acceptors (Lipinski definition) is 8. The van der Waals surface area contributed by atoms with Gasteiger partial charge in [-0.25, -0.2) is 0 Å². The molecule has 0 saturated heterocycles. The SMILES string of the molecule is CCC(CC(CC(C)C(=O)OC)C(=O)OC1CC2CC1C1C3CCC(C3)C21)C(=O)OC1CC2CC1C1C(O)C(O)CC21. The summed E-state index contributed by atoms with van der Waals surface area (Å²) in [7, 11) is 1.36. The lowest BCUT2D eigenvalue weighted by Gasteiger charge is -2.38. The Morgan fingerprint density at radius 3 is 2.00 bits per heavy atom. The molecular formula is C34H50O8. The molecule has 234 valence electrons. The van der Waals surface area contributed by atoms with Crippen molar-refractivity contribution in [2.45, 2.75) is 109 Å². The number of methoxy groups -OCH3 is 1. The summed E-state index contributed by atoms with van der Waals surface area (Å²) in [6.07, 6.45) is 7.99. The van der Waals surface area contributed by atoms with Crippen LogP contribution in [0.15, 0.2) is 0 Å². The Hall–Kier alpha value is -1.67. The van der Waals surface area contributed by atoms with E-state index in [1.165, 1.54) is 32.8 Å². The fraction of sp³-hybridized carbons (Fsp3) is 0.912. The van der Waals surface area contributed by atoms with E-state index in [2.05, 4.69) is 0 Å². The number of hydrogen-bond donors (Lipinski definition) is 2. The minimum absolute atomic E-state index is 0.00307. The molecule has 7 aliphatic rings. The number of rotatable bonds is 10. The predicted molar refractivity (Wildman–Crippen MR) is 151 cm³/mol. The fourth-order valence-electron chi connectivity index (χ4n) is 12.0. The van der Waals surface area contributed by atoms with Crippen LogP contribution in [0.5, 0.6) is 0 Å². The summed E-state index contributed by atoms with van der Waals surface area (Å²) in [6, 6.07) is 0. The van der Waals surface area contributed by atoms with Gasteiger partial charge in [0.15, 0.2) is 0 Å². The maximum atomic E-state index is 13.8. The van der Waals surface area contributed by atoms with Gasteiger partial charge in [-0.05, 0) is 124 Å². The van der Waals surface area contributed by atoms with E-state index in [0.717, 1.165) is 37.0 Å². The molecule has 7 fully saturated rings. The van der Waals surface area contributed by atoms with Crippen LogP contribution in [0.25, 0.3) is 0 Å². The van der Waals surface area contributed by atoms with Crippen molar-refractivity contribution in [3.63, 3.8) is 0 Å². The van der Waals surface area contributed by atoms with E-state index in [0.29, 0.717) is 48.9 Å². The molecule has 17 unspecified atom stereocenters. The van der Waals surface area contributed by atoms with Crippen LogP contribution in [0.3, 0.4) is 0 Å². The van der Waals surface area contributed by atoms with Crippen molar-refractivity contribution < 1.29 is 38.8 Å². The molecular weight excluding hydrogens is 536 g/mol. The summed E-state index contributed by atoms with van der Waals surface area (Å²) in [5, 5.41) is 20.8. The van der Waals surface area contributed by atoms with Gasteiger partial charge in [0.1, 0.15) is 12.2 Å². The third-order valence-corrected chi connectivity index (χ3v) is 13.7. The fourth-order valence-corrected chi connectivity index (χ4v) is 12.0. The lowest BCUT2D eigenvalue weighted by molar-refractivity contribution is -0.164. The Kier molecular flexibility index (Phi) is 7.64. The monoisotopic (exact) mass is 586 g/mol. The third kappa shape index (κ3) is 4.64. The smallest absolute Gasteiger partial charge is 0.309 e. The van der Waals surface area contributed by atoms with Gasteiger partial charge < -0.3 is 24.4 Å². The van der Waals surface area contributed by atoms with Gasteiger partial charge in [0.2, 0.25) is 0 Å². The number of carbonyl (C=O) groups excluding carboxylic acids is 3. The second-order valence-electron chi connectivity index (χ2n) is 15.5. The van der Waals surface area contributed by atoms with Crippen LogP contribution in [0.2, 0.25) is 0 Å². The Balaban J connectivity index is 1.01. The molecule has 6 bridgehead atoms. The van der Waals surface area contributed by atoms with Crippen LogP contribution in [0.1, 0.15) is 84.5 Å². The Labute approximate surface area is 249 Å². The van der Waals surface area contributed by atoms with Gasteiger partial charge in [-0.3, -0.25) is 14.4 Å². The van der Waals surface area contributed by atoms with Gasteiger partial charge in [0, 0.05) is 5.92 Å². The standard InChI is InChI=1S/C34H50O8/c1-4-16(33(38)41-26-12-19-10-24(26)30-22(19)14-25(35)31(30)36)8-21(7-15(2)32(37)40-3)34(39)42-27-13-20-11-23(27)29-18-6-5-17(9-18)28(20)29/h15-31,35-36H,4-14H2,1-3H3. The summed E-state index contributed by atoms with van der Waals surface area (Å²) in [4.78, 5) is 39.7. The zero-order chi connectivity index (χ0) is 29.4. The zero-order valence-corrected chi connectivity index (χ0v) is 25.4. The summed E-state index contributed by atoms with van der Waals surface area (Å²) >= 11 is 0. The van der Waals surface area contributed by atoms with Crippen molar-refractivity contribution >= 4 is 17.9 Å². The molecule has 0 aromatic carbocycles. The van der Waals surface area contributed by atoms with Gasteiger partial charge in [-0.2, -0.15) is 0 Å². The van der Waals surface area contributed by atoms with E-state index in [-0.39, 0.29) is 48.4 Å². The molecule has 0 aromatic heterocycles. The van der Waals surface area contributed by atoms with Gasteiger partial charge in [0.05, 0.1) is 37.1 Å². The Morgan fingerprint density at radius 2 is 1.31 bits per heavy atom. The zero-order valence-electron chi connectivity index (χ0n) is 25.4. The predicted octanol–water partition coefficient (Wildman–Crippen LogP) is 4.14. The summed E-state index contributed by atoms with van der Waals surface area (Å²) in [6.45, 7) is 3.72. The lowest BCUT2D eigenvalue weighted by atomic mass is 9.70. The number of ether oxygens (including phenoxy) is 3. The highest BCUT2D eigenvalue weighted by Crippen LogP contribution is 2.68. The summed E-state index contributed by atoms with van der Waals surface area (Å²) in [5.41, 5.74) is 0. The van der Waals surface area contributed by atoms with E-state index in [1.54, 1.807) is 6.92 Å². The second kappa shape index (κ2) is 11.0. The number of carbonyl (C=O) groups is 3. The third-order valence-electron chi connectivity index (χ3n) is 13.7. The summed E-state index contributed by atoms with van der Waals surface area (Å²) in [5.74, 6) is 2.71. The normalized spacial score (nSPS) is 47.6. The topological polar surface area (TPSA) is 119 Å². The molecule has 0 heterocycles. The highest BCUT2D eigenvalue weighted by molar-refractivity contribution is 5.78. The molecule has 17 atom stereocenters. The molecule has 7 saturated carbocycles. The van der Waals surface area contributed by atoms with E-state index < -0.39 is 30.0 Å². The van der Waals surface area contributed by atoms with Gasteiger partial charge in [-0.1, -0.05) is 13.8 Å². The highest BCUT2D eigenvalue weighted by atomic mass is 16.6. The summed E-state index contributed by atoms with van der Waals surface area (Å²) < 4.78 is 17.4. The first-order valence-electron chi connectivity index (χ1n) is 17.0. The van der Waals surface area contributed by atoms with Crippen molar-refractivity contribution in [2.75, 3.05) is 7.11 Å². The second-order valence-corrected chi connectivity index (χ2v) is 15.5. The number of esters is 3. The van der Waals surface area contributed by atoms with Crippen LogP contribution in [0.4, 0.5) is 0 Å². The molecule has 0 aromatic rings. The first kappa shape index (κ1) is 29.1. The van der Waals surface area contributed by atoms with E-state index in [4.69, 9.17) is 14.2 Å². The highest BCUT2D eigenvalue weighted by Gasteiger charge is 2.63. The first-order valence-corrected chi connectivity index (χ1v) is 17.0. The molecule has 0 aliphatic heterocycles. The molecule has 0 amide bonds. The largest absolute Gasteiger partial charge is 0.469 e. The van der Waals surface area contributed by atoms with Crippen LogP contribution < -0.4 is 0 Å². The van der Waals surface area contributed by atoms with Gasteiger partial charge in [0.25, 0.3) is 0 Å². The maximum absolute atomic E-state index is 13.8. The van der Waals surface area contributed by atoms with E-state index in [9.17, 15) is 24.6 Å². The number of aliphatic hydroxyl groups is 2. The minimum Gasteiger partial charge on any atom is -0.469 e. The van der Waals surface area contributed by atoms with Gasteiger partial charge in [-0.15, -0.1) is 0 Å². The number of aliphatic hydroxyl groups excluding tert-OH is 2. The Morgan fingerprint density at radius 1 is 0.690 bits per heavy atom. The van der Waals surface area contributed by atoms with Crippen molar-refractivity contribution in [1.29, 1.82) is 0 Å². The maximum Gasteiger partial charge on any atom is 0.309 e.